The van der Waals surface area contributed by atoms with Crippen LogP contribution >= 0.6 is 0 Å². The quantitative estimate of drug-likeness (QED) is 0.860. The Morgan fingerprint density at radius 1 is 1.10 bits per heavy atom. The molecule has 110 valence electrons. The van der Waals surface area contributed by atoms with E-state index >= 15 is 0 Å². The van der Waals surface area contributed by atoms with E-state index in [1.165, 1.54) is 6.07 Å². The molecule has 0 atom stereocenters. The smallest absolute Gasteiger partial charge is 0.251 e. The van der Waals surface area contributed by atoms with E-state index in [1.54, 1.807) is 0 Å². The Labute approximate surface area is 121 Å². The van der Waals surface area contributed by atoms with Gasteiger partial charge in [0.1, 0.15) is 12.4 Å². The molecule has 0 bridgehead atoms. The predicted molar refractivity (Wildman–Crippen MR) is 75.4 cm³/mol. The van der Waals surface area contributed by atoms with E-state index < -0.39 is 17.5 Å². The number of hydrogen-bond acceptors (Lipinski definition) is 2. The molecular formula is C16H15F2NO2. The van der Waals surface area contributed by atoms with Crippen LogP contribution < -0.4 is 10.1 Å². The van der Waals surface area contributed by atoms with Gasteiger partial charge in [-0.05, 0) is 37.3 Å². The largest absolute Gasteiger partial charge is 0.492 e. The lowest BCUT2D eigenvalue weighted by Gasteiger charge is -2.08. The average molecular weight is 291 g/mol. The standard InChI is InChI=1S/C16H15F2NO2/c1-11-2-5-13(6-3-11)21-9-8-19-16(20)12-4-7-14(17)15(18)10-12/h2-7,10H,8-9H2,1H3,(H,19,20). The van der Waals surface area contributed by atoms with Crippen molar-refractivity contribution in [1.82, 2.24) is 5.32 Å². The first-order valence-corrected chi connectivity index (χ1v) is 6.49. The second-order valence-corrected chi connectivity index (χ2v) is 4.55. The van der Waals surface area contributed by atoms with Crippen molar-refractivity contribution in [3.05, 3.63) is 65.2 Å². The third-order valence-corrected chi connectivity index (χ3v) is 2.86. The van der Waals surface area contributed by atoms with Gasteiger partial charge >= 0.3 is 0 Å². The summed E-state index contributed by atoms with van der Waals surface area (Å²) in [5.74, 6) is -1.78. The van der Waals surface area contributed by atoms with Gasteiger partial charge in [-0.15, -0.1) is 0 Å². The fraction of sp³-hybridized carbons (Fsp3) is 0.188. The second-order valence-electron chi connectivity index (χ2n) is 4.55. The maximum Gasteiger partial charge on any atom is 0.251 e. The lowest BCUT2D eigenvalue weighted by Crippen LogP contribution is -2.28. The first kappa shape index (κ1) is 15.0. The minimum Gasteiger partial charge on any atom is -0.492 e. The summed E-state index contributed by atoms with van der Waals surface area (Å²) < 4.78 is 31.2. The Balaban J connectivity index is 1.79. The molecule has 1 amide bonds. The number of hydrogen-bond donors (Lipinski definition) is 1. The molecule has 2 aromatic carbocycles. The molecule has 2 rings (SSSR count). The summed E-state index contributed by atoms with van der Waals surface area (Å²) in [5, 5.41) is 2.57. The van der Waals surface area contributed by atoms with Gasteiger partial charge in [0.15, 0.2) is 11.6 Å². The molecule has 0 spiro atoms. The normalized spacial score (nSPS) is 10.2. The van der Waals surface area contributed by atoms with Crippen LogP contribution in [0.1, 0.15) is 15.9 Å². The molecule has 0 radical (unpaired) electrons. The van der Waals surface area contributed by atoms with Crippen LogP contribution in [0, 0.1) is 18.6 Å². The lowest BCUT2D eigenvalue weighted by molar-refractivity contribution is 0.0946. The Morgan fingerprint density at radius 3 is 2.48 bits per heavy atom. The van der Waals surface area contributed by atoms with Gasteiger partial charge in [-0.3, -0.25) is 4.79 Å². The van der Waals surface area contributed by atoms with Crippen LogP contribution in [0.25, 0.3) is 0 Å². The van der Waals surface area contributed by atoms with E-state index in [0.29, 0.717) is 12.4 Å². The molecule has 0 saturated heterocycles. The van der Waals surface area contributed by atoms with Crippen molar-refractivity contribution >= 4 is 5.91 Å². The predicted octanol–water partition coefficient (Wildman–Crippen LogP) is 3.08. The van der Waals surface area contributed by atoms with Gasteiger partial charge in [0.2, 0.25) is 0 Å². The summed E-state index contributed by atoms with van der Waals surface area (Å²) >= 11 is 0. The molecule has 0 heterocycles. The Kier molecular flexibility index (Phi) is 4.87. The van der Waals surface area contributed by atoms with Crippen molar-refractivity contribution in [3.63, 3.8) is 0 Å². The molecule has 0 saturated carbocycles. The highest BCUT2D eigenvalue weighted by molar-refractivity contribution is 5.94. The first-order valence-electron chi connectivity index (χ1n) is 6.49. The third-order valence-electron chi connectivity index (χ3n) is 2.86. The summed E-state index contributed by atoms with van der Waals surface area (Å²) in [6.45, 7) is 2.54. The SMILES string of the molecule is Cc1ccc(OCCNC(=O)c2ccc(F)c(F)c2)cc1. The Hall–Kier alpha value is -2.43. The Morgan fingerprint density at radius 2 is 1.81 bits per heavy atom. The van der Waals surface area contributed by atoms with Gasteiger partial charge < -0.3 is 10.1 Å². The minimum atomic E-state index is -1.04. The number of benzene rings is 2. The number of amides is 1. The second kappa shape index (κ2) is 6.83. The van der Waals surface area contributed by atoms with Crippen molar-refractivity contribution < 1.29 is 18.3 Å². The van der Waals surface area contributed by atoms with Crippen molar-refractivity contribution in [1.29, 1.82) is 0 Å². The molecule has 0 fully saturated rings. The van der Waals surface area contributed by atoms with Gasteiger partial charge in [0.05, 0.1) is 6.54 Å². The highest BCUT2D eigenvalue weighted by atomic mass is 19.2. The van der Waals surface area contributed by atoms with Crippen molar-refractivity contribution in [2.75, 3.05) is 13.2 Å². The van der Waals surface area contributed by atoms with Gasteiger partial charge in [0, 0.05) is 5.56 Å². The van der Waals surface area contributed by atoms with Gasteiger partial charge in [-0.1, -0.05) is 17.7 Å². The summed E-state index contributed by atoms with van der Waals surface area (Å²) in [6, 6.07) is 10.6. The average Bonchev–Trinajstić information content (AvgIpc) is 2.48. The van der Waals surface area contributed by atoms with E-state index in [0.717, 1.165) is 17.7 Å². The van der Waals surface area contributed by atoms with Crippen LogP contribution in [-0.4, -0.2) is 19.1 Å². The number of aryl methyl sites for hydroxylation is 1. The van der Waals surface area contributed by atoms with E-state index in [4.69, 9.17) is 4.74 Å². The fourth-order valence-corrected chi connectivity index (χ4v) is 1.71. The van der Waals surface area contributed by atoms with Gasteiger partial charge in [-0.25, -0.2) is 8.78 Å². The number of rotatable bonds is 5. The summed E-state index contributed by atoms with van der Waals surface area (Å²) in [6.07, 6.45) is 0. The zero-order chi connectivity index (χ0) is 15.2. The van der Waals surface area contributed by atoms with Crippen LogP contribution in [0.3, 0.4) is 0 Å². The number of halogens is 2. The van der Waals surface area contributed by atoms with Crippen LogP contribution in [0.15, 0.2) is 42.5 Å². The topological polar surface area (TPSA) is 38.3 Å². The molecule has 0 aromatic heterocycles. The van der Waals surface area contributed by atoms with E-state index in [9.17, 15) is 13.6 Å². The number of carbonyl (C=O) groups is 1. The van der Waals surface area contributed by atoms with Gasteiger partial charge in [-0.2, -0.15) is 0 Å². The minimum absolute atomic E-state index is 0.0734. The molecular weight excluding hydrogens is 276 g/mol. The van der Waals surface area contributed by atoms with Crippen LogP contribution in [0.5, 0.6) is 5.75 Å². The molecule has 1 N–H and O–H groups in total. The highest BCUT2D eigenvalue weighted by Crippen LogP contribution is 2.11. The Bertz CT molecular complexity index is 627. The van der Waals surface area contributed by atoms with E-state index in [1.807, 2.05) is 31.2 Å². The highest BCUT2D eigenvalue weighted by Gasteiger charge is 2.09. The lowest BCUT2D eigenvalue weighted by atomic mass is 10.2. The van der Waals surface area contributed by atoms with E-state index in [2.05, 4.69) is 5.32 Å². The molecule has 5 heteroatoms. The van der Waals surface area contributed by atoms with Crippen molar-refractivity contribution in [2.45, 2.75) is 6.92 Å². The summed E-state index contributed by atoms with van der Waals surface area (Å²) in [4.78, 5) is 11.7. The zero-order valence-corrected chi connectivity index (χ0v) is 11.5. The molecule has 0 aliphatic carbocycles. The van der Waals surface area contributed by atoms with E-state index in [-0.39, 0.29) is 12.1 Å². The number of carbonyl (C=O) groups excluding carboxylic acids is 1. The maximum atomic E-state index is 13.0. The monoisotopic (exact) mass is 291 g/mol. The molecule has 0 unspecified atom stereocenters. The van der Waals surface area contributed by atoms with Crippen LogP contribution in [-0.2, 0) is 0 Å². The van der Waals surface area contributed by atoms with Crippen LogP contribution in [0.2, 0.25) is 0 Å². The molecule has 0 aliphatic heterocycles. The summed E-state index contributed by atoms with van der Waals surface area (Å²) in [7, 11) is 0. The zero-order valence-electron chi connectivity index (χ0n) is 11.5. The number of ether oxygens (including phenoxy) is 1. The number of nitrogens with one attached hydrogen (secondary N) is 1. The maximum absolute atomic E-state index is 13.0. The van der Waals surface area contributed by atoms with Crippen molar-refractivity contribution in [3.8, 4) is 5.75 Å². The first-order chi connectivity index (χ1) is 10.1. The van der Waals surface area contributed by atoms with Crippen molar-refractivity contribution in [2.24, 2.45) is 0 Å². The van der Waals surface area contributed by atoms with Gasteiger partial charge in [0.25, 0.3) is 5.91 Å². The summed E-state index contributed by atoms with van der Waals surface area (Å²) in [5.41, 5.74) is 1.21. The molecule has 0 aliphatic rings. The third kappa shape index (κ3) is 4.27. The molecule has 3 nitrogen and oxygen atoms in total. The van der Waals surface area contributed by atoms with Crippen LogP contribution in [0.4, 0.5) is 8.78 Å². The molecule has 21 heavy (non-hydrogen) atoms. The molecule has 2 aromatic rings. The fourth-order valence-electron chi connectivity index (χ4n) is 1.71.